The summed E-state index contributed by atoms with van der Waals surface area (Å²) in [6.45, 7) is 4.10. The first-order valence-corrected chi connectivity index (χ1v) is 6.45. The Morgan fingerprint density at radius 2 is 1.09 bits per heavy atom. The molecule has 0 atom stereocenters. The van der Waals surface area contributed by atoms with E-state index in [1.54, 1.807) is 38.1 Å². The number of hydrogen-bond acceptors (Lipinski definition) is 6. The predicted molar refractivity (Wildman–Crippen MR) is 77.3 cm³/mol. The summed E-state index contributed by atoms with van der Waals surface area (Å²) in [5, 5.41) is 36.7. The maximum atomic E-state index is 9.05. The van der Waals surface area contributed by atoms with Crippen LogP contribution in [0.1, 0.15) is 13.8 Å². The second-order valence-corrected chi connectivity index (χ2v) is 3.91. The second-order valence-electron chi connectivity index (χ2n) is 3.91. The Balaban J connectivity index is 4.02. The van der Waals surface area contributed by atoms with Crippen molar-refractivity contribution in [3.8, 4) is 35.8 Å². The van der Waals surface area contributed by atoms with Gasteiger partial charge >= 0.3 is 0 Å². The third-order valence-corrected chi connectivity index (χ3v) is 2.67. The van der Waals surface area contributed by atoms with Crippen molar-refractivity contribution in [2.75, 3.05) is 13.2 Å². The van der Waals surface area contributed by atoms with Crippen LogP contribution in [0.15, 0.2) is 12.1 Å². The van der Waals surface area contributed by atoms with Gasteiger partial charge in [-0.25, -0.2) is 0 Å². The van der Waals surface area contributed by atoms with E-state index in [0.717, 1.165) is 0 Å². The summed E-state index contributed by atoms with van der Waals surface area (Å²) in [5.74, 6) is 0.504. The molecule has 0 aliphatic carbocycles. The SMILES string of the molecule is CCOc1cc(=C(C#N)C#N)c(OCC)cc1=C(C#N)C#N. The van der Waals surface area contributed by atoms with E-state index in [4.69, 9.17) is 30.5 Å². The van der Waals surface area contributed by atoms with Crippen LogP contribution in [-0.2, 0) is 0 Å². The van der Waals surface area contributed by atoms with Gasteiger partial charge in [-0.2, -0.15) is 21.0 Å². The molecule has 0 saturated carbocycles. The first-order valence-electron chi connectivity index (χ1n) is 6.45. The highest BCUT2D eigenvalue weighted by Crippen LogP contribution is 2.11. The van der Waals surface area contributed by atoms with Crippen molar-refractivity contribution >= 4 is 11.1 Å². The lowest BCUT2D eigenvalue weighted by Gasteiger charge is -2.09. The minimum absolute atomic E-state index is 0.133. The van der Waals surface area contributed by atoms with Crippen LogP contribution in [0.3, 0.4) is 0 Å². The van der Waals surface area contributed by atoms with Crippen LogP contribution in [0.25, 0.3) is 11.1 Å². The van der Waals surface area contributed by atoms with Crippen LogP contribution in [0.5, 0.6) is 11.5 Å². The van der Waals surface area contributed by atoms with Gasteiger partial charge in [0.15, 0.2) is 0 Å². The average Bonchev–Trinajstić information content (AvgIpc) is 2.53. The van der Waals surface area contributed by atoms with Crippen molar-refractivity contribution in [3.63, 3.8) is 0 Å². The first-order chi connectivity index (χ1) is 10.7. The molecule has 0 fully saturated rings. The van der Waals surface area contributed by atoms with Crippen LogP contribution < -0.4 is 19.9 Å². The minimum atomic E-state index is -0.133. The van der Waals surface area contributed by atoms with E-state index in [-0.39, 0.29) is 33.1 Å². The molecular formula is C16H12N4O2. The zero-order valence-electron chi connectivity index (χ0n) is 12.2. The monoisotopic (exact) mass is 292 g/mol. The summed E-state index contributed by atoms with van der Waals surface area (Å²) in [7, 11) is 0. The largest absolute Gasteiger partial charge is 0.493 e. The van der Waals surface area contributed by atoms with E-state index < -0.39 is 0 Å². The fourth-order valence-electron chi connectivity index (χ4n) is 1.79. The Labute approximate surface area is 127 Å². The smallest absolute Gasteiger partial charge is 0.140 e. The van der Waals surface area contributed by atoms with Crippen molar-refractivity contribution in [2.24, 2.45) is 0 Å². The lowest BCUT2D eigenvalue weighted by Crippen LogP contribution is -2.20. The number of hydrogen-bond donors (Lipinski definition) is 0. The minimum Gasteiger partial charge on any atom is -0.493 e. The third-order valence-electron chi connectivity index (χ3n) is 2.67. The van der Waals surface area contributed by atoms with Crippen molar-refractivity contribution in [1.29, 1.82) is 21.0 Å². The molecule has 0 radical (unpaired) electrons. The van der Waals surface area contributed by atoms with E-state index >= 15 is 0 Å². The molecule has 0 amide bonds. The highest BCUT2D eigenvalue weighted by atomic mass is 16.5. The predicted octanol–water partition coefficient (Wildman–Crippen LogP) is 0.880. The molecule has 1 aromatic carbocycles. The molecule has 6 nitrogen and oxygen atoms in total. The molecule has 1 rings (SSSR count). The number of nitriles is 4. The van der Waals surface area contributed by atoms with E-state index in [0.29, 0.717) is 13.2 Å². The van der Waals surface area contributed by atoms with Crippen molar-refractivity contribution in [3.05, 3.63) is 22.6 Å². The summed E-state index contributed by atoms with van der Waals surface area (Å²) < 4.78 is 10.8. The molecule has 0 heterocycles. The highest BCUT2D eigenvalue weighted by Gasteiger charge is 2.10. The van der Waals surface area contributed by atoms with Crippen LogP contribution in [-0.4, -0.2) is 13.2 Å². The van der Waals surface area contributed by atoms with Gasteiger partial charge in [0.25, 0.3) is 0 Å². The lowest BCUT2D eigenvalue weighted by atomic mass is 10.1. The van der Waals surface area contributed by atoms with Crippen molar-refractivity contribution in [2.45, 2.75) is 13.8 Å². The van der Waals surface area contributed by atoms with Gasteiger partial charge in [-0.15, -0.1) is 0 Å². The van der Waals surface area contributed by atoms with Gasteiger partial charge in [0.2, 0.25) is 0 Å². The fraction of sp³-hybridized carbons (Fsp3) is 0.250. The van der Waals surface area contributed by atoms with Gasteiger partial charge in [-0.3, -0.25) is 0 Å². The van der Waals surface area contributed by atoms with Gasteiger partial charge in [-0.05, 0) is 26.0 Å². The van der Waals surface area contributed by atoms with Crippen LogP contribution >= 0.6 is 0 Å². The summed E-state index contributed by atoms with van der Waals surface area (Å²) in [5.41, 5.74) is -0.266. The van der Waals surface area contributed by atoms with Crippen molar-refractivity contribution in [1.82, 2.24) is 0 Å². The van der Waals surface area contributed by atoms with E-state index in [1.165, 1.54) is 12.1 Å². The maximum Gasteiger partial charge on any atom is 0.140 e. The quantitative estimate of drug-likeness (QED) is 0.813. The van der Waals surface area contributed by atoms with Gasteiger partial charge in [0, 0.05) is 10.4 Å². The first kappa shape index (κ1) is 16.6. The Morgan fingerprint density at radius 3 is 1.32 bits per heavy atom. The van der Waals surface area contributed by atoms with E-state index in [9.17, 15) is 0 Å². The zero-order valence-corrected chi connectivity index (χ0v) is 12.2. The molecule has 0 unspecified atom stereocenters. The van der Waals surface area contributed by atoms with Gasteiger partial charge in [0.05, 0.1) is 13.2 Å². The molecule has 108 valence electrons. The number of benzene rings is 1. The maximum absolute atomic E-state index is 9.05. The Kier molecular flexibility index (Phi) is 5.99. The van der Waals surface area contributed by atoms with E-state index in [1.807, 2.05) is 0 Å². The molecule has 0 spiro atoms. The highest BCUT2D eigenvalue weighted by molar-refractivity contribution is 5.77. The standard InChI is InChI=1S/C16H12N4O2/c1-3-21-15-5-14(12(9-19)10-20)16(22-4-2)6-13(15)11(7-17)8-18/h5-6H,3-4H2,1-2H3. The molecule has 0 N–H and O–H groups in total. The van der Waals surface area contributed by atoms with Gasteiger partial charge in [0.1, 0.15) is 46.9 Å². The van der Waals surface area contributed by atoms with Gasteiger partial charge in [-0.1, -0.05) is 0 Å². The molecule has 0 bridgehead atoms. The van der Waals surface area contributed by atoms with Crippen LogP contribution in [0, 0.1) is 45.3 Å². The second kappa shape index (κ2) is 7.95. The summed E-state index contributed by atoms with van der Waals surface area (Å²) >= 11 is 0. The topological polar surface area (TPSA) is 114 Å². The number of ether oxygens (including phenoxy) is 2. The molecule has 22 heavy (non-hydrogen) atoms. The molecule has 1 aromatic rings. The van der Waals surface area contributed by atoms with Crippen LogP contribution in [0.4, 0.5) is 0 Å². The van der Waals surface area contributed by atoms with Gasteiger partial charge < -0.3 is 9.47 Å². The fourth-order valence-corrected chi connectivity index (χ4v) is 1.79. The normalized spacial score (nSPS) is 8.64. The Bertz CT molecular complexity index is 752. The lowest BCUT2D eigenvalue weighted by molar-refractivity contribution is 0.326. The molecule has 0 aromatic heterocycles. The van der Waals surface area contributed by atoms with E-state index in [2.05, 4.69) is 0 Å². The molecule has 0 aliphatic rings. The third kappa shape index (κ3) is 3.34. The molecule has 6 heteroatoms. The molecule has 0 aliphatic heterocycles. The average molecular weight is 292 g/mol. The summed E-state index contributed by atoms with van der Waals surface area (Å²) in [6.07, 6.45) is 0. The number of nitrogens with zero attached hydrogens (tertiary/aromatic N) is 4. The zero-order chi connectivity index (χ0) is 16.5. The number of rotatable bonds is 4. The Morgan fingerprint density at radius 1 is 0.773 bits per heavy atom. The molecule has 0 saturated heterocycles. The Hall–Kier alpha value is -3.48. The summed E-state index contributed by atoms with van der Waals surface area (Å²) in [4.78, 5) is 0. The van der Waals surface area contributed by atoms with Crippen LogP contribution in [0.2, 0.25) is 0 Å². The van der Waals surface area contributed by atoms with Crippen molar-refractivity contribution < 1.29 is 9.47 Å². The molecular weight excluding hydrogens is 280 g/mol. The summed E-state index contributed by atoms with van der Waals surface area (Å²) in [6, 6.07) is 10.1.